The standard InChI is InChI=1S/C19H24N4O/c1-4-11-22-12-10-17-16(14-22)18(19(24)21(2)3)20-23(17)13-15-8-6-5-7-9-15/h4-9H,1,10-14H2,2-3H3. The van der Waals surface area contributed by atoms with Crippen LogP contribution in [0.25, 0.3) is 0 Å². The number of fused-ring (bicyclic) bond motifs is 1. The number of aromatic nitrogens is 2. The molecule has 0 radical (unpaired) electrons. The van der Waals surface area contributed by atoms with E-state index in [4.69, 9.17) is 0 Å². The molecule has 3 rings (SSSR count). The van der Waals surface area contributed by atoms with Gasteiger partial charge in [-0.2, -0.15) is 5.10 Å². The van der Waals surface area contributed by atoms with Gasteiger partial charge in [0, 0.05) is 51.4 Å². The molecule has 0 saturated carbocycles. The first kappa shape index (κ1) is 16.5. The van der Waals surface area contributed by atoms with Crippen molar-refractivity contribution in [3.05, 3.63) is 65.5 Å². The maximum Gasteiger partial charge on any atom is 0.274 e. The molecule has 1 aromatic carbocycles. The maximum atomic E-state index is 12.6. The van der Waals surface area contributed by atoms with Crippen LogP contribution in [0.3, 0.4) is 0 Å². The largest absolute Gasteiger partial charge is 0.343 e. The van der Waals surface area contributed by atoms with E-state index in [0.29, 0.717) is 12.2 Å². The van der Waals surface area contributed by atoms with Gasteiger partial charge in [-0.1, -0.05) is 36.4 Å². The number of hydrogen-bond donors (Lipinski definition) is 0. The number of amides is 1. The van der Waals surface area contributed by atoms with Gasteiger partial charge >= 0.3 is 0 Å². The zero-order valence-corrected chi connectivity index (χ0v) is 14.4. The quantitative estimate of drug-likeness (QED) is 0.792. The van der Waals surface area contributed by atoms with Crippen LogP contribution >= 0.6 is 0 Å². The first-order chi connectivity index (χ1) is 11.6. The second-order valence-electron chi connectivity index (χ2n) is 6.39. The lowest BCUT2D eigenvalue weighted by molar-refractivity contribution is 0.0819. The summed E-state index contributed by atoms with van der Waals surface area (Å²) in [6, 6.07) is 10.3. The maximum absolute atomic E-state index is 12.6. The van der Waals surface area contributed by atoms with E-state index in [0.717, 1.165) is 31.6 Å². The predicted molar refractivity (Wildman–Crippen MR) is 95.0 cm³/mol. The molecule has 0 N–H and O–H groups in total. The summed E-state index contributed by atoms with van der Waals surface area (Å²) in [4.78, 5) is 16.5. The van der Waals surface area contributed by atoms with Gasteiger partial charge in [0.15, 0.2) is 5.69 Å². The number of carbonyl (C=O) groups excluding carboxylic acids is 1. The molecule has 0 saturated heterocycles. The Morgan fingerprint density at radius 1 is 1.33 bits per heavy atom. The highest BCUT2D eigenvalue weighted by atomic mass is 16.2. The summed E-state index contributed by atoms with van der Waals surface area (Å²) in [5, 5.41) is 4.68. The van der Waals surface area contributed by atoms with Crippen molar-refractivity contribution in [3.63, 3.8) is 0 Å². The lowest BCUT2D eigenvalue weighted by atomic mass is 10.0. The molecule has 0 aliphatic carbocycles. The smallest absolute Gasteiger partial charge is 0.274 e. The summed E-state index contributed by atoms with van der Waals surface area (Å²) in [5.41, 5.74) is 4.03. The van der Waals surface area contributed by atoms with Crippen molar-refractivity contribution in [2.45, 2.75) is 19.5 Å². The Morgan fingerprint density at radius 2 is 2.08 bits per heavy atom. The summed E-state index contributed by atoms with van der Waals surface area (Å²) in [5.74, 6) is -0.0292. The fourth-order valence-corrected chi connectivity index (χ4v) is 3.16. The fraction of sp³-hybridized carbons (Fsp3) is 0.368. The first-order valence-electron chi connectivity index (χ1n) is 8.27. The molecule has 0 unspecified atom stereocenters. The molecule has 0 fully saturated rings. The molecule has 24 heavy (non-hydrogen) atoms. The van der Waals surface area contributed by atoms with Gasteiger partial charge in [-0.3, -0.25) is 14.4 Å². The Labute approximate surface area is 143 Å². The van der Waals surface area contributed by atoms with Crippen LogP contribution in [0.4, 0.5) is 0 Å². The van der Waals surface area contributed by atoms with Crippen LogP contribution in [-0.4, -0.2) is 52.7 Å². The van der Waals surface area contributed by atoms with E-state index in [2.05, 4.69) is 28.7 Å². The average Bonchev–Trinajstić information content (AvgIpc) is 2.93. The number of rotatable bonds is 5. The lowest BCUT2D eigenvalue weighted by Crippen LogP contribution is -2.32. The van der Waals surface area contributed by atoms with Gasteiger partial charge < -0.3 is 4.90 Å². The summed E-state index contributed by atoms with van der Waals surface area (Å²) in [6.07, 6.45) is 2.82. The fourth-order valence-electron chi connectivity index (χ4n) is 3.16. The van der Waals surface area contributed by atoms with Gasteiger partial charge in [0.25, 0.3) is 5.91 Å². The van der Waals surface area contributed by atoms with Crippen molar-refractivity contribution >= 4 is 5.91 Å². The van der Waals surface area contributed by atoms with Crippen molar-refractivity contribution in [1.82, 2.24) is 19.6 Å². The molecule has 0 bridgehead atoms. The number of nitrogens with zero attached hydrogens (tertiary/aromatic N) is 4. The van der Waals surface area contributed by atoms with Crippen LogP contribution in [0.1, 0.15) is 27.3 Å². The molecular weight excluding hydrogens is 300 g/mol. The minimum absolute atomic E-state index is 0.0292. The van der Waals surface area contributed by atoms with Gasteiger partial charge in [0.2, 0.25) is 0 Å². The molecular formula is C19H24N4O. The average molecular weight is 324 g/mol. The third-order valence-electron chi connectivity index (χ3n) is 4.38. The molecule has 0 atom stereocenters. The minimum atomic E-state index is -0.0292. The highest BCUT2D eigenvalue weighted by Crippen LogP contribution is 2.24. The summed E-state index contributed by atoms with van der Waals surface area (Å²) in [6.45, 7) is 7.07. The number of hydrogen-bond acceptors (Lipinski definition) is 3. The van der Waals surface area contributed by atoms with Gasteiger partial charge in [-0.15, -0.1) is 6.58 Å². The van der Waals surface area contributed by atoms with Gasteiger partial charge in [-0.25, -0.2) is 0 Å². The van der Waals surface area contributed by atoms with Gasteiger partial charge in [0.05, 0.1) is 6.54 Å². The minimum Gasteiger partial charge on any atom is -0.343 e. The molecule has 1 aliphatic heterocycles. The SMILES string of the molecule is C=CCN1CCc2c(c(C(=O)N(C)C)nn2Cc2ccccc2)C1. The van der Waals surface area contributed by atoms with Crippen molar-refractivity contribution in [3.8, 4) is 0 Å². The highest BCUT2D eigenvalue weighted by molar-refractivity contribution is 5.93. The molecule has 2 aromatic rings. The Bertz CT molecular complexity index is 733. The third-order valence-corrected chi connectivity index (χ3v) is 4.38. The first-order valence-corrected chi connectivity index (χ1v) is 8.27. The number of benzene rings is 1. The molecule has 126 valence electrons. The van der Waals surface area contributed by atoms with E-state index < -0.39 is 0 Å². The second-order valence-corrected chi connectivity index (χ2v) is 6.39. The van der Waals surface area contributed by atoms with E-state index in [1.54, 1.807) is 19.0 Å². The second kappa shape index (κ2) is 7.01. The number of carbonyl (C=O) groups is 1. The van der Waals surface area contributed by atoms with E-state index in [1.165, 1.54) is 11.3 Å². The van der Waals surface area contributed by atoms with E-state index in [9.17, 15) is 4.79 Å². The molecule has 5 nitrogen and oxygen atoms in total. The van der Waals surface area contributed by atoms with Crippen LogP contribution in [-0.2, 0) is 19.5 Å². The van der Waals surface area contributed by atoms with Crippen LogP contribution in [0.5, 0.6) is 0 Å². The van der Waals surface area contributed by atoms with Crippen LogP contribution in [0.2, 0.25) is 0 Å². The van der Waals surface area contributed by atoms with E-state index in [-0.39, 0.29) is 5.91 Å². The van der Waals surface area contributed by atoms with E-state index in [1.807, 2.05) is 29.0 Å². The molecule has 2 heterocycles. The Hall–Kier alpha value is -2.40. The monoisotopic (exact) mass is 324 g/mol. The summed E-state index contributed by atoms with van der Waals surface area (Å²) >= 11 is 0. The Balaban J connectivity index is 1.97. The van der Waals surface area contributed by atoms with E-state index >= 15 is 0 Å². The van der Waals surface area contributed by atoms with Crippen molar-refractivity contribution in [2.24, 2.45) is 0 Å². The zero-order valence-electron chi connectivity index (χ0n) is 14.4. The summed E-state index contributed by atoms with van der Waals surface area (Å²) < 4.78 is 2.01. The third kappa shape index (κ3) is 3.26. The normalized spacial score (nSPS) is 14.2. The van der Waals surface area contributed by atoms with Crippen LogP contribution < -0.4 is 0 Å². The highest BCUT2D eigenvalue weighted by Gasteiger charge is 2.28. The Morgan fingerprint density at radius 3 is 2.75 bits per heavy atom. The van der Waals surface area contributed by atoms with Crippen molar-refractivity contribution < 1.29 is 4.79 Å². The lowest BCUT2D eigenvalue weighted by Gasteiger charge is -2.26. The predicted octanol–water partition coefficient (Wildman–Crippen LogP) is 2.18. The van der Waals surface area contributed by atoms with Crippen LogP contribution in [0.15, 0.2) is 43.0 Å². The molecule has 1 aromatic heterocycles. The van der Waals surface area contributed by atoms with Crippen molar-refractivity contribution in [2.75, 3.05) is 27.2 Å². The van der Waals surface area contributed by atoms with Gasteiger partial charge in [0.1, 0.15) is 0 Å². The van der Waals surface area contributed by atoms with Crippen LogP contribution in [0, 0.1) is 0 Å². The molecule has 1 amide bonds. The zero-order chi connectivity index (χ0) is 17.1. The molecule has 1 aliphatic rings. The van der Waals surface area contributed by atoms with Gasteiger partial charge in [-0.05, 0) is 5.56 Å². The summed E-state index contributed by atoms with van der Waals surface area (Å²) in [7, 11) is 3.55. The topological polar surface area (TPSA) is 41.4 Å². The molecule has 5 heteroatoms. The van der Waals surface area contributed by atoms with Crippen molar-refractivity contribution in [1.29, 1.82) is 0 Å². The Kier molecular flexibility index (Phi) is 4.81. The molecule has 0 spiro atoms.